The predicted octanol–water partition coefficient (Wildman–Crippen LogP) is 4.46. The Morgan fingerprint density at radius 1 is 0.627 bits per heavy atom. The molecule has 59 heavy (non-hydrogen) atoms. The third kappa shape index (κ3) is 28.4. The van der Waals surface area contributed by atoms with Gasteiger partial charge in [0, 0.05) is 49.9 Å². The number of carboxylic acid groups (broad SMARTS) is 1. The van der Waals surface area contributed by atoms with Gasteiger partial charge in [-0.15, -0.1) is 0 Å². The number of benzene rings is 1. The zero-order valence-corrected chi connectivity index (χ0v) is 36.8. The first-order valence-corrected chi connectivity index (χ1v) is 21.2. The van der Waals surface area contributed by atoms with Crippen LogP contribution in [-0.2, 0) is 60.7 Å². The second kappa shape index (κ2) is 30.3. The maximum atomic E-state index is 13.1. The van der Waals surface area contributed by atoms with Crippen molar-refractivity contribution < 1.29 is 52.8 Å². The lowest BCUT2D eigenvalue weighted by Crippen LogP contribution is -2.51. The van der Waals surface area contributed by atoms with Crippen LogP contribution in [0.1, 0.15) is 124 Å². The van der Waals surface area contributed by atoms with E-state index in [1.54, 1.807) is 0 Å². The van der Waals surface area contributed by atoms with Crippen molar-refractivity contribution in [3.05, 3.63) is 35.4 Å². The molecule has 0 aliphatic heterocycles. The topological polar surface area (TPSA) is 208 Å². The molecule has 1 aromatic carbocycles. The Morgan fingerprint density at radius 3 is 1.86 bits per heavy atom. The van der Waals surface area contributed by atoms with Crippen molar-refractivity contribution in [3.63, 3.8) is 0 Å². The predicted molar refractivity (Wildman–Crippen MR) is 226 cm³/mol. The van der Waals surface area contributed by atoms with Gasteiger partial charge in [0.2, 0.25) is 17.7 Å². The van der Waals surface area contributed by atoms with E-state index in [1.165, 1.54) is 0 Å². The molecule has 0 spiro atoms. The van der Waals surface area contributed by atoms with Crippen LogP contribution in [0.5, 0.6) is 0 Å². The molecule has 0 saturated carbocycles. The third-order valence-corrected chi connectivity index (χ3v) is 8.97. The van der Waals surface area contributed by atoms with Crippen molar-refractivity contribution in [3.8, 4) is 0 Å². The molecule has 0 fully saturated rings. The van der Waals surface area contributed by atoms with Crippen LogP contribution in [0.4, 0.5) is 0 Å². The monoisotopic (exact) mass is 835 g/mol. The Hall–Kier alpha value is -3.76. The second-order valence-corrected chi connectivity index (χ2v) is 16.8. The minimum atomic E-state index is -1.17. The first kappa shape index (κ1) is 53.3. The number of carbonyl (C=O) groups is 6. The maximum Gasteiger partial charge on any atom is 0.326 e. The molecular weight excluding hydrogens is 761 g/mol. The summed E-state index contributed by atoms with van der Waals surface area (Å²) < 4.78 is 21.7. The smallest absolute Gasteiger partial charge is 0.326 e. The van der Waals surface area contributed by atoms with Crippen LogP contribution < -0.4 is 21.3 Å². The highest BCUT2D eigenvalue weighted by Gasteiger charge is 2.32. The third-order valence-electron chi connectivity index (χ3n) is 8.97. The van der Waals surface area contributed by atoms with Crippen molar-refractivity contribution in [2.45, 2.75) is 143 Å². The minimum absolute atomic E-state index is 0.00679. The molecule has 336 valence electrons. The molecule has 0 bridgehead atoms. The van der Waals surface area contributed by atoms with Gasteiger partial charge in [0.25, 0.3) is 0 Å². The molecule has 0 aliphatic rings. The number of aliphatic carboxylic acids is 1. The average molecular weight is 835 g/mol. The molecule has 0 saturated heterocycles. The fourth-order valence-electron chi connectivity index (χ4n) is 5.81. The lowest BCUT2D eigenvalue weighted by molar-refractivity contribution is -0.142. The number of Topliss-reactive ketones (excluding diaryl/α,β-unsaturated/α-hetero) is 2. The lowest BCUT2D eigenvalue weighted by atomic mass is 9.83. The first-order chi connectivity index (χ1) is 27.9. The summed E-state index contributed by atoms with van der Waals surface area (Å²) in [5.74, 6) is -1.97. The van der Waals surface area contributed by atoms with Crippen molar-refractivity contribution in [1.82, 2.24) is 21.3 Å². The van der Waals surface area contributed by atoms with E-state index in [0.717, 1.165) is 36.8 Å². The quantitative estimate of drug-likeness (QED) is 0.0611. The van der Waals surface area contributed by atoms with Crippen LogP contribution in [0, 0.1) is 5.41 Å². The number of ketones is 2. The Morgan fingerprint density at radius 2 is 1.24 bits per heavy atom. The number of amides is 3. The molecule has 1 unspecified atom stereocenters. The number of unbranched alkanes of at least 4 members (excludes halogenated alkanes) is 4. The fourth-order valence-corrected chi connectivity index (χ4v) is 5.81. The van der Waals surface area contributed by atoms with Crippen molar-refractivity contribution >= 4 is 35.3 Å². The van der Waals surface area contributed by atoms with E-state index in [-0.39, 0.29) is 106 Å². The number of ether oxygens (including phenoxy) is 4. The molecule has 15 heteroatoms. The van der Waals surface area contributed by atoms with Crippen LogP contribution in [0.15, 0.2) is 24.3 Å². The Kier molecular flexibility index (Phi) is 27.3. The summed E-state index contributed by atoms with van der Waals surface area (Å²) in [5, 5.41) is 20.9. The van der Waals surface area contributed by atoms with Gasteiger partial charge < -0.3 is 45.3 Å². The van der Waals surface area contributed by atoms with E-state index in [0.29, 0.717) is 45.4 Å². The average Bonchev–Trinajstić information content (AvgIpc) is 3.16. The highest BCUT2D eigenvalue weighted by molar-refractivity contribution is 5.89. The summed E-state index contributed by atoms with van der Waals surface area (Å²) in [6, 6.07) is 6.46. The van der Waals surface area contributed by atoms with Crippen LogP contribution >= 0.6 is 0 Å². The van der Waals surface area contributed by atoms with E-state index in [2.05, 4.69) is 49.0 Å². The van der Waals surface area contributed by atoms with Gasteiger partial charge in [-0.25, -0.2) is 4.79 Å². The van der Waals surface area contributed by atoms with E-state index in [1.807, 2.05) is 45.0 Å². The van der Waals surface area contributed by atoms with Gasteiger partial charge in [-0.05, 0) is 57.6 Å². The molecule has 15 nitrogen and oxygen atoms in total. The SMILES string of the molecule is CCCCCCCC(=O)N[C@@H](CCC(=O)NCCOCCOCC(=O)CCCOCCOCC(=O)NCc1ccc(CC(NC(C)(C)C)C(=O)C(C)(C)C)cc1)C(=O)O. The van der Waals surface area contributed by atoms with Crippen LogP contribution in [0.3, 0.4) is 0 Å². The molecule has 0 radical (unpaired) electrons. The summed E-state index contributed by atoms with van der Waals surface area (Å²) in [6.07, 6.45) is 6.52. The molecule has 3 amide bonds. The molecule has 1 aromatic rings. The van der Waals surface area contributed by atoms with Crippen molar-refractivity contribution in [1.29, 1.82) is 0 Å². The normalized spacial score (nSPS) is 12.7. The number of nitrogens with one attached hydrogen (secondary N) is 4. The zero-order chi connectivity index (χ0) is 44.1. The summed E-state index contributed by atoms with van der Waals surface area (Å²) in [4.78, 5) is 73.0. The van der Waals surface area contributed by atoms with Gasteiger partial charge in [-0.3, -0.25) is 24.0 Å². The fraction of sp³-hybridized carbons (Fsp3) is 0.727. The van der Waals surface area contributed by atoms with E-state index in [9.17, 15) is 33.9 Å². The largest absolute Gasteiger partial charge is 0.480 e. The standard InChI is InChI=1S/C44H74N4O11/c1-8-9-10-11-12-15-39(51)47-36(42(54)55)20-21-38(50)45-22-24-57-26-27-58-31-35(49)14-13-23-56-25-28-59-32-40(52)46-30-34-18-16-33(17-19-34)29-37(48-44(5,6)7)41(53)43(2,3)4/h16-19,36-37,48H,8-15,20-32H2,1-7H3,(H,45,50)(H,46,52)(H,47,51)(H,54,55)/t36-,37?/m0/s1. The first-order valence-electron chi connectivity index (χ1n) is 21.2. The van der Waals surface area contributed by atoms with E-state index in [4.69, 9.17) is 18.9 Å². The number of hydrogen-bond donors (Lipinski definition) is 5. The van der Waals surface area contributed by atoms with Crippen LogP contribution in [0.25, 0.3) is 0 Å². The molecule has 0 heterocycles. The number of carbonyl (C=O) groups excluding carboxylic acids is 5. The minimum Gasteiger partial charge on any atom is -0.480 e. The number of carboxylic acids is 1. The highest BCUT2D eigenvalue weighted by Crippen LogP contribution is 2.21. The van der Waals surface area contributed by atoms with Crippen molar-refractivity contribution in [2.75, 3.05) is 59.4 Å². The molecule has 5 N–H and O–H groups in total. The van der Waals surface area contributed by atoms with Crippen molar-refractivity contribution in [2.24, 2.45) is 5.41 Å². The van der Waals surface area contributed by atoms with Crippen LogP contribution in [-0.4, -0.2) is 117 Å². The zero-order valence-electron chi connectivity index (χ0n) is 36.8. The van der Waals surface area contributed by atoms with Gasteiger partial charge in [0.05, 0.1) is 39.1 Å². The lowest BCUT2D eigenvalue weighted by Gasteiger charge is -2.32. The molecular formula is C44H74N4O11. The molecule has 1 rings (SSSR count). The van der Waals surface area contributed by atoms with Gasteiger partial charge in [0.1, 0.15) is 19.3 Å². The Balaban J connectivity index is 2.06. The summed E-state index contributed by atoms with van der Waals surface area (Å²) in [5.41, 5.74) is 1.32. The van der Waals surface area contributed by atoms with Gasteiger partial charge in [-0.1, -0.05) is 77.6 Å². The maximum absolute atomic E-state index is 13.1. The van der Waals surface area contributed by atoms with E-state index >= 15 is 0 Å². The summed E-state index contributed by atoms with van der Waals surface area (Å²) >= 11 is 0. The molecule has 0 aliphatic carbocycles. The van der Waals surface area contributed by atoms with Gasteiger partial charge >= 0.3 is 5.97 Å². The summed E-state index contributed by atoms with van der Waals surface area (Å²) in [7, 11) is 0. The molecule has 0 aromatic heterocycles. The number of hydrogen-bond acceptors (Lipinski definition) is 11. The van der Waals surface area contributed by atoms with E-state index < -0.39 is 17.4 Å². The summed E-state index contributed by atoms with van der Waals surface area (Å²) in [6.45, 7) is 16.1. The van der Waals surface area contributed by atoms with Crippen LogP contribution in [0.2, 0.25) is 0 Å². The van der Waals surface area contributed by atoms with Gasteiger partial charge in [0.15, 0.2) is 11.6 Å². The Labute approximate surface area is 352 Å². The highest BCUT2D eigenvalue weighted by atomic mass is 16.5. The Bertz CT molecular complexity index is 1390. The van der Waals surface area contributed by atoms with Gasteiger partial charge in [-0.2, -0.15) is 0 Å². The second-order valence-electron chi connectivity index (χ2n) is 16.8. The number of rotatable bonds is 34. The molecule has 2 atom stereocenters.